The Kier molecular flexibility index (Phi) is 6.71. The van der Waals surface area contributed by atoms with Crippen molar-refractivity contribution in [3.05, 3.63) is 58.6 Å². The minimum absolute atomic E-state index is 0.112. The summed E-state index contributed by atoms with van der Waals surface area (Å²) in [6.45, 7) is 0.487. The van der Waals surface area contributed by atoms with Crippen LogP contribution in [0.5, 0.6) is 0 Å². The molecular formula is C20H21BrN2O5S. The Balaban J connectivity index is 1.71. The summed E-state index contributed by atoms with van der Waals surface area (Å²) in [7, 11) is -2.38. The predicted molar refractivity (Wildman–Crippen MR) is 112 cm³/mol. The second kappa shape index (κ2) is 9.06. The maximum absolute atomic E-state index is 12.9. The lowest BCUT2D eigenvalue weighted by Crippen LogP contribution is -2.43. The number of hydrogen-bond donors (Lipinski definition) is 1. The smallest absolute Gasteiger partial charge is 0.337 e. The van der Waals surface area contributed by atoms with Crippen LogP contribution >= 0.6 is 15.9 Å². The van der Waals surface area contributed by atoms with Crippen LogP contribution < -0.4 is 5.32 Å². The molecule has 0 spiro atoms. The van der Waals surface area contributed by atoms with Gasteiger partial charge in [-0.05, 0) is 55.3 Å². The van der Waals surface area contributed by atoms with Gasteiger partial charge in [0.05, 0.1) is 23.5 Å². The minimum atomic E-state index is -3.67. The van der Waals surface area contributed by atoms with Crippen LogP contribution in [0.2, 0.25) is 0 Å². The van der Waals surface area contributed by atoms with Crippen LogP contribution in [0.1, 0.15) is 23.2 Å². The maximum atomic E-state index is 12.9. The number of nitrogens with one attached hydrogen (secondary N) is 1. The highest BCUT2D eigenvalue weighted by Crippen LogP contribution is 2.26. The van der Waals surface area contributed by atoms with Crippen LogP contribution in [0.3, 0.4) is 0 Å². The summed E-state index contributed by atoms with van der Waals surface area (Å²) >= 11 is 3.30. The summed E-state index contributed by atoms with van der Waals surface area (Å²) in [4.78, 5) is 24.6. The van der Waals surface area contributed by atoms with Gasteiger partial charge in [0, 0.05) is 23.2 Å². The fraction of sp³-hybridized carbons (Fsp3) is 0.300. The topological polar surface area (TPSA) is 92.8 Å². The molecule has 1 fully saturated rings. The summed E-state index contributed by atoms with van der Waals surface area (Å²) in [5.74, 6) is -1.25. The first-order chi connectivity index (χ1) is 13.8. The van der Waals surface area contributed by atoms with Crippen molar-refractivity contribution in [3.8, 4) is 0 Å². The van der Waals surface area contributed by atoms with E-state index in [0.29, 0.717) is 30.6 Å². The molecule has 0 aromatic heterocycles. The average Bonchev–Trinajstić information content (AvgIpc) is 2.73. The molecule has 0 aliphatic carbocycles. The predicted octanol–water partition coefficient (Wildman–Crippen LogP) is 3.28. The minimum Gasteiger partial charge on any atom is -0.465 e. The number of rotatable bonds is 5. The Labute approximate surface area is 178 Å². The third kappa shape index (κ3) is 5.04. The summed E-state index contributed by atoms with van der Waals surface area (Å²) in [5, 5.41) is 2.78. The molecule has 2 aromatic rings. The molecule has 1 heterocycles. The Morgan fingerprint density at radius 1 is 1.17 bits per heavy atom. The maximum Gasteiger partial charge on any atom is 0.337 e. The number of sulfonamides is 1. The van der Waals surface area contributed by atoms with Gasteiger partial charge in [-0.1, -0.05) is 22.0 Å². The van der Waals surface area contributed by atoms with Crippen LogP contribution in [-0.4, -0.2) is 44.8 Å². The van der Waals surface area contributed by atoms with E-state index >= 15 is 0 Å². The first-order valence-corrected chi connectivity index (χ1v) is 11.3. The zero-order valence-corrected chi connectivity index (χ0v) is 18.2. The lowest BCUT2D eigenvalue weighted by molar-refractivity contribution is -0.120. The first-order valence-electron chi connectivity index (χ1n) is 9.06. The second-order valence-corrected chi connectivity index (χ2v) is 9.57. The summed E-state index contributed by atoms with van der Waals surface area (Å²) in [6.07, 6.45) is 1.19. The fourth-order valence-corrected chi connectivity index (χ4v) is 5.00. The van der Waals surface area contributed by atoms with Crippen LogP contribution in [0.4, 0.5) is 5.69 Å². The van der Waals surface area contributed by atoms with Crippen LogP contribution in [0.25, 0.3) is 0 Å². The molecule has 7 nitrogen and oxygen atoms in total. The molecule has 154 valence electrons. The number of esters is 1. The number of hydrogen-bond acceptors (Lipinski definition) is 5. The van der Waals surface area contributed by atoms with Crippen molar-refractivity contribution in [3.63, 3.8) is 0 Å². The largest absolute Gasteiger partial charge is 0.465 e. The SMILES string of the molecule is COC(=O)c1cccc(NC(=O)C2CCCN(S(=O)(=O)c3ccc(Br)cc3)C2)c1. The quantitative estimate of drug-likeness (QED) is 0.662. The van der Waals surface area contributed by atoms with Crippen molar-refractivity contribution in [2.24, 2.45) is 5.92 Å². The normalized spacial score (nSPS) is 17.5. The fourth-order valence-electron chi connectivity index (χ4n) is 3.22. The van der Waals surface area contributed by atoms with Crippen LogP contribution in [-0.2, 0) is 19.6 Å². The summed E-state index contributed by atoms with van der Waals surface area (Å²) in [6, 6.07) is 12.9. The molecule has 9 heteroatoms. The number of anilines is 1. The van der Waals surface area contributed by atoms with Crippen molar-refractivity contribution in [2.45, 2.75) is 17.7 Å². The molecule has 1 amide bonds. The Bertz CT molecular complexity index is 1010. The van der Waals surface area contributed by atoms with Crippen molar-refractivity contribution in [1.82, 2.24) is 4.31 Å². The number of ether oxygens (including phenoxy) is 1. The molecule has 0 radical (unpaired) electrons. The van der Waals surface area contributed by atoms with E-state index in [2.05, 4.69) is 26.0 Å². The van der Waals surface area contributed by atoms with Crippen molar-refractivity contribution >= 4 is 43.5 Å². The number of amides is 1. The van der Waals surface area contributed by atoms with Gasteiger partial charge in [-0.15, -0.1) is 0 Å². The summed E-state index contributed by atoms with van der Waals surface area (Å²) in [5.41, 5.74) is 0.791. The van der Waals surface area contributed by atoms with Crippen molar-refractivity contribution in [2.75, 3.05) is 25.5 Å². The van der Waals surface area contributed by atoms with Crippen LogP contribution in [0, 0.1) is 5.92 Å². The van der Waals surface area contributed by atoms with Gasteiger partial charge in [0.25, 0.3) is 0 Å². The van der Waals surface area contributed by atoms with Crippen LogP contribution in [0.15, 0.2) is 57.9 Å². The average molecular weight is 481 g/mol. The van der Waals surface area contributed by atoms with Gasteiger partial charge in [-0.3, -0.25) is 4.79 Å². The van der Waals surface area contributed by atoms with E-state index in [1.165, 1.54) is 17.5 Å². The molecule has 1 atom stereocenters. The number of piperidine rings is 1. The molecule has 1 aliphatic rings. The number of methoxy groups -OCH3 is 1. The zero-order valence-electron chi connectivity index (χ0n) is 15.8. The van der Waals surface area contributed by atoms with Gasteiger partial charge < -0.3 is 10.1 Å². The monoisotopic (exact) mass is 480 g/mol. The molecule has 1 aliphatic heterocycles. The molecule has 0 saturated carbocycles. The third-order valence-corrected chi connectivity index (χ3v) is 7.17. The number of carbonyl (C=O) groups excluding carboxylic acids is 2. The lowest BCUT2D eigenvalue weighted by Gasteiger charge is -2.31. The van der Waals surface area contributed by atoms with E-state index in [0.717, 1.165) is 4.47 Å². The molecule has 1 saturated heterocycles. The Morgan fingerprint density at radius 2 is 1.90 bits per heavy atom. The highest BCUT2D eigenvalue weighted by atomic mass is 79.9. The van der Waals surface area contributed by atoms with E-state index in [1.54, 1.807) is 42.5 Å². The molecule has 0 bridgehead atoms. The van der Waals surface area contributed by atoms with Gasteiger partial charge in [-0.2, -0.15) is 4.31 Å². The lowest BCUT2D eigenvalue weighted by atomic mass is 9.98. The standard InChI is InChI=1S/C20H21BrN2O5S/c1-28-20(25)14-4-2-6-17(12-14)22-19(24)15-5-3-11-23(13-15)29(26,27)18-9-7-16(21)8-10-18/h2,4,6-10,12,15H,3,5,11,13H2,1H3,(H,22,24). The van der Waals surface area contributed by atoms with Gasteiger partial charge in [0.15, 0.2) is 0 Å². The summed E-state index contributed by atoms with van der Waals surface area (Å²) < 4.78 is 32.6. The first kappa shape index (κ1) is 21.5. The number of nitrogens with zero attached hydrogens (tertiary/aromatic N) is 1. The molecule has 2 aromatic carbocycles. The number of halogens is 1. The van der Waals surface area contributed by atoms with E-state index in [-0.39, 0.29) is 17.3 Å². The molecule has 3 rings (SSSR count). The van der Waals surface area contributed by atoms with E-state index < -0.39 is 21.9 Å². The van der Waals surface area contributed by atoms with Crippen molar-refractivity contribution < 1.29 is 22.7 Å². The zero-order chi connectivity index (χ0) is 21.0. The van der Waals surface area contributed by atoms with Gasteiger partial charge in [0.1, 0.15) is 0 Å². The Morgan fingerprint density at radius 3 is 2.59 bits per heavy atom. The highest BCUT2D eigenvalue weighted by Gasteiger charge is 2.33. The van der Waals surface area contributed by atoms with E-state index in [4.69, 9.17) is 0 Å². The molecule has 1 N–H and O–H groups in total. The third-order valence-electron chi connectivity index (χ3n) is 4.76. The van der Waals surface area contributed by atoms with E-state index in [1.807, 2.05) is 0 Å². The molecule has 1 unspecified atom stereocenters. The molecule has 29 heavy (non-hydrogen) atoms. The molecular weight excluding hydrogens is 460 g/mol. The highest BCUT2D eigenvalue weighted by molar-refractivity contribution is 9.10. The Hall–Kier alpha value is -2.23. The van der Waals surface area contributed by atoms with Gasteiger partial charge >= 0.3 is 5.97 Å². The number of carbonyl (C=O) groups is 2. The second-order valence-electron chi connectivity index (χ2n) is 6.72. The van der Waals surface area contributed by atoms with Gasteiger partial charge in [0.2, 0.25) is 15.9 Å². The van der Waals surface area contributed by atoms with Crippen molar-refractivity contribution in [1.29, 1.82) is 0 Å². The van der Waals surface area contributed by atoms with E-state index in [9.17, 15) is 18.0 Å². The number of benzene rings is 2. The van der Waals surface area contributed by atoms with Gasteiger partial charge in [-0.25, -0.2) is 13.2 Å².